The Balaban J connectivity index is 1.87. The van der Waals surface area contributed by atoms with E-state index in [0.29, 0.717) is 0 Å². The highest BCUT2D eigenvalue weighted by Gasteiger charge is 2.17. The number of fused-ring (bicyclic) bond motifs is 1. The van der Waals surface area contributed by atoms with Gasteiger partial charge in [0.05, 0.1) is 6.61 Å². The van der Waals surface area contributed by atoms with Gasteiger partial charge in [-0.05, 0) is 12.1 Å². The lowest BCUT2D eigenvalue weighted by molar-refractivity contribution is 0.314. The van der Waals surface area contributed by atoms with Gasteiger partial charge in [-0.1, -0.05) is 12.1 Å². The number of rotatable bonds is 0. The summed E-state index contributed by atoms with van der Waals surface area (Å²) >= 11 is 0. The third-order valence-corrected chi connectivity index (χ3v) is 3.18. The van der Waals surface area contributed by atoms with Crippen molar-refractivity contribution >= 4 is 11.5 Å². The molecule has 0 bridgehead atoms. The van der Waals surface area contributed by atoms with E-state index < -0.39 is 0 Å². The number of aliphatic imine (C=N–C) groups is 1. The summed E-state index contributed by atoms with van der Waals surface area (Å²) in [7, 11) is 0. The summed E-state index contributed by atoms with van der Waals surface area (Å²) in [6, 6.07) is 8.00. The third-order valence-electron chi connectivity index (χ3n) is 3.18. The molecule has 1 N–H and O–H groups in total. The first-order valence-corrected chi connectivity index (χ1v) is 6.18. The Labute approximate surface area is 101 Å². The van der Waals surface area contributed by atoms with Gasteiger partial charge in [-0.3, -0.25) is 0 Å². The highest BCUT2D eigenvalue weighted by molar-refractivity contribution is 5.86. The van der Waals surface area contributed by atoms with Crippen molar-refractivity contribution in [3.05, 3.63) is 24.3 Å². The zero-order chi connectivity index (χ0) is 11.5. The van der Waals surface area contributed by atoms with Crippen LogP contribution in [0.2, 0.25) is 0 Å². The van der Waals surface area contributed by atoms with Crippen molar-refractivity contribution in [1.82, 2.24) is 10.2 Å². The second kappa shape index (κ2) is 4.75. The highest BCUT2D eigenvalue weighted by Crippen LogP contribution is 2.29. The monoisotopic (exact) mass is 231 g/mol. The highest BCUT2D eigenvalue weighted by atomic mass is 16.5. The van der Waals surface area contributed by atoms with E-state index >= 15 is 0 Å². The summed E-state index contributed by atoms with van der Waals surface area (Å²) in [5.74, 6) is 2.06. The lowest BCUT2D eigenvalue weighted by Crippen LogP contribution is -2.46. The lowest BCUT2D eigenvalue weighted by atomic mass is 10.3. The van der Waals surface area contributed by atoms with Gasteiger partial charge in [0, 0.05) is 32.6 Å². The fourth-order valence-corrected chi connectivity index (χ4v) is 2.27. The number of amidine groups is 1. The summed E-state index contributed by atoms with van der Waals surface area (Å²) in [6.07, 6.45) is 0.898. The Morgan fingerprint density at radius 2 is 2.00 bits per heavy atom. The van der Waals surface area contributed by atoms with Crippen LogP contribution in [0.15, 0.2) is 29.3 Å². The standard InChI is InChI=1S/C13H17N3O/c1-2-4-12-11(3-1)15-13(5-10-17-12)16-8-6-14-7-9-16/h1-4,14H,5-10H2. The second-order valence-electron chi connectivity index (χ2n) is 4.33. The number of para-hydroxylation sites is 2. The van der Waals surface area contributed by atoms with Crippen LogP contribution in [0.25, 0.3) is 0 Å². The SMILES string of the molecule is c1ccc2c(c1)N=C(N1CCNCC1)CCO2. The van der Waals surface area contributed by atoms with E-state index in [1.807, 2.05) is 24.3 Å². The van der Waals surface area contributed by atoms with Gasteiger partial charge in [-0.25, -0.2) is 4.99 Å². The van der Waals surface area contributed by atoms with Gasteiger partial charge in [0.1, 0.15) is 17.3 Å². The minimum atomic E-state index is 0.722. The molecule has 2 heterocycles. The number of hydrogen-bond acceptors (Lipinski definition) is 4. The molecule has 4 nitrogen and oxygen atoms in total. The molecule has 2 aliphatic heterocycles. The number of nitrogens with zero attached hydrogens (tertiary/aromatic N) is 2. The molecule has 0 aliphatic carbocycles. The number of hydrogen-bond donors (Lipinski definition) is 1. The van der Waals surface area contributed by atoms with E-state index in [9.17, 15) is 0 Å². The van der Waals surface area contributed by atoms with Crippen LogP contribution in [0.1, 0.15) is 6.42 Å². The van der Waals surface area contributed by atoms with Gasteiger partial charge in [0.15, 0.2) is 0 Å². The summed E-state index contributed by atoms with van der Waals surface area (Å²) in [6.45, 7) is 4.89. The Hall–Kier alpha value is -1.55. The van der Waals surface area contributed by atoms with Gasteiger partial charge in [0.25, 0.3) is 0 Å². The Bertz CT molecular complexity index is 424. The number of nitrogens with one attached hydrogen (secondary N) is 1. The molecule has 0 saturated carbocycles. The quantitative estimate of drug-likeness (QED) is 0.733. The zero-order valence-electron chi connectivity index (χ0n) is 9.85. The molecule has 17 heavy (non-hydrogen) atoms. The summed E-state index contributed by atoms with van der Waals surface area (Å²) in [4.78, 5) is 7.12. The topological polar surface area (TPSA) is 36.9 Å². The molecule has 1 saturated heterocycles. The molecule has 0 amide bonds. The van der Waals surface area contributed by atoms with Gasteiger partial charge in [-0.15, -0.1) is 0 Å². The molecule has 4 heteroatoms. The van der Waals surface area contributed by atoms with Gasteiger partial charge in [-0.2, -0.15) is 0 Å². The Kier molecular flexibility index (Phi) is 2.96. The van der Waals surface area contributed by atoms with Crippen LogP contribution in [0.4, 0.5) is 5.69 Å². The first-order valence-electron chi connectivity index (χ1n) is 6.18. The first-order chi connectivity index (χ1) is 8.43. The van der Waals surface area contributed by atoms with Gasteiger partial charge in [0.2, 0.25) is 0 Å². The minimum absolute atomic E-state index is 0.722. The van der Waals surface area contributed by atoms with Crippen LogP contribution in [0.5, 0.6) is 5.75 Å². The molecule has 1 fully saturated rings. The minimum Gasteiger partial charge on any atom is -0.491 e. The maximum Gasteiger partial charge on any atom is 0.144 e. The van der Waals surface area contributed by atoms with E-state index in [-0.39, 0.29) is 0 Å². The fraction of sp³-hybridized carbons (Fsp3) is 0.462. The third kappa shape index (κ3) is 2.26. The summed E-state index contributed by atoms with van der Waals surface area (Å²) in [5.41, 5.74) is 0.957. The summed E-state index contributed by atoms with van der Waals surface area (Å²) in [5, 5.41) is 3.36. The van der Waals surface area contributed by atoms with Crippen LogP contribution in [0.3, 0.4) is 0 Å². The molecule has 0 unspecified atom stereocenters. The van der Waals surface area contributed by atoms with E-state index in [4.69, 9.17) is 9.73 Å². The molecule has 1 aromatic carbocycles. The number of piperazine rings is 1. The Morgan fingerprint density at radius 3 is 2.88 bits per heavy atom. The predicted octanol–water partition coefficient (Wildman–Crippen LogP) is 1.40. The van der Waals surface area contributed by atoms with E-state index in [2.05, 4.69) is 10.2 Å². The fourth-order valence-electron chi connectivity index (χ4n) is 2.27. The lowest BCUT2D eigenvalue weighted by Gasteiger charge is -2.29. The molecule has 90 valence electrons. The van der Waals surface area contributed by atoms with E-state index in [0.717, 1.165) is 56.5 Å². The van der Waals surface area contributed by atoms with Crippen molar-refractivity contribution in [3.63, 3.8) is 0 Å². The molecule has 0 atom stereocenters. The van der Waals surface area contributed by atoms with Crippen LogP contribution in [-0.2, 0) is 0 Å². The predicted molar refractivity (Wildman–Crippen MR) is 68.1 cm³/mol. The van der Waals surface area contributed by atoms with E-state index in [1.54, 1.807) is 0 Å². The maximum atomic E-state index is 5.71. The van der Waals surface area contributed by atoms with Crippen molar-refractivity contribution in [2.75, 3.05) is 32.8 Å². The molecule has 0 radical (unpaired) electrons. The Morgan fingerprint density at radius 1 is 1.18 bits per heavy atom. The summed E-state index contributed by atoms with van der Waals surface area (Å²) < 4.78 is 5.71. The van der Waals surface area contributed by atoms with Crippen molar-refractivity contribution in [3.8, 4) is 5.75 Å². The average Bonchev–Trinajstić information content (AvgIpc) is 2.62. The molecule has 1 aromatic rings. The molecule has 3 rings (SSSR count). The van der Waals surface area contributed by atoms with Crippen LogP contribution in [-0.4, -0.2) is 43.5 Å². The van der Waals surface area contributed by atoms with Crippen molar-refractivity contribution in [2.24, 2.45) is 4.99 Å². The van der Waals surface area contributed by atoms with Crippen LogP contribution >= 0.6 is 0 Å². The van der Waals surface area contributed by atoms with E-state index in [1.165, 1.54) is 0 Å². The molecular weight excluding hydrogens is 214 g/mol. The van der Waals surface area contributed by atoms with Gasteiger partial charge < -0.3 is 15.0 Å². The van der Waals surface area contributed by atoms with Gasteiger partial charge >= 0.3 is 0 Å². The smallest absolute Gasteiger partial charge is 0.144 e. The first kappa shape index (κ1) is 10.6. The molecule has 2 aliphatic rings. The van der Waals surface area contributed by atoms with Crippen LogP contribution in [0, 0.1) is 0 Å². The average molecular weight is 231 g/mol. The zero-order valence-corrected chi connectivity index (χ0v) is 9.85. The molecular formula is C13H17N3O. The maximum absolute atomic E-state index is 5.71. The molecule has 0 aromatic heterocycles. The normalized spacial score (nSPS) is 20.0. The number of ether oxygens (including phenoxy) is 1. The largest absolute Gasteiger partial charge is 0.491 e. The number of benzene rings is 1. The second-order valence-corrected chi connectivity index (χ2v) is 4.33. The van der Waals surface area contributed by atoms with Crippen LogP contribution < -0.4 is 10.1 Å². The van der Waals surface area contributed by atoms with Crippen molar-refractivity contribution in [1.29, 1.82) is 0 Å². The van der Waals surface area contributed by atoms with Crippen molar-refractivity contribution in [2.45, 2.75) is 6.42 Å². The van der Waals surface area contributed by atoms with Crippen molar-refractivity contribution < 1.29 is 4.74 Å². The molecule has 0 spiro atoms.